The van der Waals surface area contributed by atoms with Crippen LogP contribution in [-0.2, 0) is 13.0 Å². The van der Waals surface area contributed by atoms with E-state index in [9.17, 15) is 5.11 Å². The highest BCUT2D eigenvalue weighted by Gasteiger charge is 2.30. The summed E-state index contributed by atoms with van der Waals surface area (Å²) in [5.41, 5.74) is 7.23. The van der Waals surface area contributed by atoms with Crippen LogP contribution in [0.1, 0.15) is 34.1 Å². The summed E-state index contributed by atoms with van der Waals surface area (Å²) in [4.78, 5) is 4.63. The van der Waals surface area contributed by atoms with Crippen molar-refractivity contribution < 1.29 is 19.0 Å². The Morgan fingerprint density at radius 1 is 0.865 bits per heavy atom. The molecule has 0 saturated heterocycles. The van der Waals surface area contributed by atoms with Crippen LogP contribution in [0.5, 0.6) is 17.2 Å². The van der Waals surface area contributed by atoms with E-state index < -0.39 is 0 Å². The first-order chi connectivity index (χ1) is 18.1. The molecular formula is C32H27NO4. The monoisotopic (exact) mass is 489 g/mol. The maximum absolute atomic E-state index is 10.6. The zero-order chi connectivity index (χ0) is 25.4. The summed E-state index contributed by atoms with van der Waals surface area (Å²) in [6, 6.07) is 30.0. The maximum Gasteiger partial charge on any atom is 0.226 e. The van der Waals surface area contributed by atoms with E-state index in [0.29, 0.717) is 23.1 Å². The summed E-state index contributed by atoms with van der Waals surface area (Å²) >= 11 is 0. The lowest BCUT2D eigenvalue weighted by Gasteiger charge is -2.16. The van der Waals surface area contributed by atoms with Gasteiger partial charge in [-0.25, -0.2) is 4.98 Å². The van der Waals surface area contributed by atoms with Crippen molar-refractivity contribution in [2.45, 2.75) is 25.9 Å². The minimum absolute atomic E-state index is 0.156. The number of aromatic hydroxyl groups is 1. The van der Waals surface area contributed by atoms with Crippen molar-refractivity contribution in [2.24, 2.45) is 0 Å². The van der Waals surface area contributed by atoms with Gasteiger partial charge in [-0.2, -0.15) is 0 Å². The first-order valence-electron chi connectivity index (χ1n) is 12.3. The number of oxazole rings is 1. The molecule has 1 N–H and O–H groups in total. The van der Waals surface area contributed by atoms with Crippen LogP contribution in [0, 0.1) is 6.92 Å². The Bertz CT molecular complexity index is 1570. The van der Waals surface area contributed by atoms with E-state index in [2.05, 4.69) is 35.3 Å². The van der Waals surface area contributed by atoms with Crippen molar-refractivity contribution in [2.75, 3.05) is 7.11 Å². The van der Waals surface area contributed by atoms with Crippen LogP contribution < -0.4 is 9.47 Å². The second kappa shape index (κ2) is 9.51. The fourth-order valence-electron chi connectivity index (χ4n) is 5.16. The summed E-state index contributed by atoms with van der Waals surface area (Å²) < 4.78 is 17.7. The number of fused-ring (bicyclic) bond motifs is 3. The third kappa shape index (κ3) is 4.23. The first kappa shape index (κ1) is 22.9. The van der Waals surface area contributed by atoms with Gasteiger partial charge in [0.05, 0.1) is 7.11 Å². The number of rotatable bonds is 7. The van der Waals surface area contributed by atoms with E-state index in [1.54, 1.807) is 13.2 Å². The lowest BCUT2D eigenvalue weighted by Crippen LogP contribution is -2.03. The summed E-state index contributed by atoms with van der Waals surface area (Å²) in [6.07, 6.45) is 0.785. The summed E-state index contributed by atoms with van der Waals surface area (Å²) in [6.45, 7) is 2.17. The predicted molar refractivity (Wildman–Crippen MR) is 143 cm³/mol. The first-order valence-corrected chi connectivity index (χ1v) is 12.3. The van der Waals surface area contributed by atoms with Crippen LogP contribution in [0.3, 0.4) is 0 Å². The normalized spacial score (nSPS) is 13.7. The number of methoxy groups -OCH3 is 1. The van der Waals surface area contributed by atoms with Crippen LogP contribution in [0.2, 0.25) is 0 Å². The number of hydrogen-bond acceptors (Lipinski definition) is 5. The number of benzene rings is 4. The molecule has 5 heteroatoms. The van der Waals surface area contributed by atoms with Crippen molar-refractivity contribution in [3.63, 3.8) is 0 Å². The average Bonchev–Trinajstić information content (AvgIpc) is 3.46. The molecule has 1 aliphatic carbocycles. The van der Waals surface area contributed by atoms with Gasteiger partial charge in [0, 0.05) is 17.0 Å². The van der Waals surface area contributed by atoms with Gasteiger partial charge in [-0.1, -0.05) is 60.7 Å². The highest BCUT2D eigenvalue weighted by molar-refractivity contribution is 5.83. The Kier molecular flexibility index (Phi) is 5.89. The molecule has 1 aromatic heterocycles. The molecule has 1 unspecified atom stereocenters. The second-order valence-corrected chi connectivity index (χ2v) is 9.25. The van der Waals surface area contributed by atoms with E-state index in [1.807, 2.05) is 61.5 Å². The molecule has 37 heavy (non-hydrogen) atoms. The van der Waals surface area contributed by atoms with Gasteiger partial charge >= 0.3 is 0 Å². The Morgan fingerprint density at radius 2 is 1.65 bits per heavy atom. The van der Waals surface area contributed by atoms with Crippen molar-refractivity contribution in [1.82, 2.24) is 4.98 Å². The number of aryl methyl sites for hydroxylation is 1. The summed E-state index contributed by atoms with van der Waals surface area (Å²) in [5.74, 6) is 3.12. The molecule has 0 amide bonds. The van der Waals surface area contributed by atoms with Gasteiger partial charge in [-0.3, -0.25) is 0 Å². The molecule has 4 aromatic carbocycles. The zero-order valence-electron chi connectivity index (χ0n) is 20.8. The molecule has 0 bridgehead atoms. The van der Waals surface area contributed by atoms with Crippen LogP contribution in [0.15, 0.2) is 95.4 Å². The molecule has 0 saturated carbocycles. The third-order valence-corrected chi connectivity index (χ3v) is 7.00. The van der Waals surface area contributed by atoms with E-state index in [-0.39, 0.29) is 12.5 Å². The molecule has 0 spiro atoms. The molecular weight excluding hydrogens is 462 g/mol. The minimum Gasteiger partial charge on any atom is -0.507 e. The van der Waals surface area contributed by atoms with Crippen LogP contribution in [-0.4, -0.2) is 17.2 Å². The average molecular weight is 490 g/mol. The molecule has 5 aromatic rings. The Hall–Kier alpha value is -4.51. The number of phenolic OH excluding ortho intramolecular Hbond substituents is 1. The molecule has 1 atom stereocenters. The van der Waals surface area contributed by atoms with E-state index in [4.69, 9.17) is 13.9 Å². The molecule has 0 fully saturated rings. The quantitative estimate of drug-likeness (QED) is 0.260. The van der Waals surface area contributed by atoms with Gasteiger partial charge < -0.3 is 19.0 Å². The van der Waals surface area contributed by atoms with E-state index in [1.165, 1.54) is 5.56 Å². The number of aromatic nitrogens is 1. The number of nitrogens with zero attached hydrogens (tertiary/aromatic N) is 1. The molecule has 1 aliphatic rings. The van der Waals surface area contributed by atoms with Gasteiger partial charge in [0.25, 0.3) is 0 Å². The van der Waals surface area contributed by atoms with Gasteiger partial charge in [-0.15, -0.1) is 0 Å². The van der Waals surface area contributed by atoms with Crippen LogP contribution in [0.4, 0.5) is 0 Å². The number of hydrogen-bond donors (Lipinski definition) is 1. The topological polar surface area (TPSA) is 64.7 Å². The third-order valence-electron chi connectivity index (χ3n) is 7.00. The molecule has 0 aliphatic heterocycles. The number of ether oxygens (including phenoxy) is 2. The maximum atomic E-state index is 10.6. The fourth-order valence-corrected chi connectivity index (χ4v) is 5.16. The molecule has 0 radical (unpaired) electrons. The van der Waals surface area contributed by atoms with E-state index >= 15 is 0 Å². The van der Waals surface area contributed by atoms with Crippen molar-refractivity contribution in [3.8, 4) is 39.8 Å². The van der Waals surface area contributed by atoms with Gasteiger partial charge in [0.1, 0.15) is 23.8 Å². The van der Waals surface area contributed by atoms with E-state index in [0.717, 1.165) is 45.7 Å². The smallest absolute Gasteiger partial charge is 0.226 e. The largest absolute Gasteiger partial charge is 0.507 e. The number of phenols is 1. The highest BCUT2D eigenvalue weighted by atomic mass is 16.5. The van der Waals surface area contributed by atoms with Crippen LogP contribution >= 0.6 is 0 Å². The zero-order valence-corrected chi connectivity index (χ0v) is 20.8. The summed E-state index contributed by atoms with van der Waals surface area (Å²) in [7, 11) is 1.65. The minimum atomic E-state index is 0.156. The Morgan fingerprint density at radius 3 is 2.49 bits per heavy atom. The molecule has 1 heterocycles. The van der Waals surface area contributed by atoms with Crippen LogP contribution in [0.25, 0.3) is 22.6 Å². The van der Waals surface area contributed by atoms with Crippen molar-refractivity contribution in [1.29, 1.82) is 0 Å². The van der Waals surface area contributed by atoms with Gasteiger partial charge in [0.2, 0.25) is 5.89 Å². The Balaban J connectivity index is 1.23. The lowest BCUT2D eigenvalue weighted by molar-refractivity contribution is 0.279. The standard InChI is InChI=1S/C32H27NO4/c1-20-27(33-32(37-20)22-9-4-3-5-10-22)19-36-29-16-15-21(18-30(29)35-2)17-26-23-11-6-7-12-24(23)31-25(26)13-8-14-28(31)34/h3-16,18,26,34H,17,19H2,1-2H3. The predicted octanol–water partition coefficient (Wildman–Crippen LogP) is 7.30. The van der Waals surface area contributed by atoms with Gasteiger partial charge in [0.15, 0.2) is 11.5 Å². The highest BCUT2D eigenvalue weighted by Crippen LogP contribution is 2.50. The molecule has 6 rings (SSSR count). The second-order valence-electron chi connectivity index (χ2n) is 9.25. The van der Waals surface area contributed by atoms with Crippen molar-refractivity contribution in [3.05, 3.63) is 119 Å². The lowest BCUT2D eigenvalue weighted by atomic mass is 9.90. The summed E-state index contributed by atoms with van der Waals surface area (Å²) in [5, 5.41) is 10.6. The SMILES string of the molecule is COc1cc(CC2c3ccccc3-c3c(O)cccc32)ccc1OCc1nc(-c2ccccc2)oc1C. The fraction of sp³-hybridized carbons (Fsp3) is 0.156. The van der Waals surface area contributed by atoms with Crippen molar-refractivity contribution >= 4 is 0 Å². The Labute approximate surface area is 216 Å². The molecule has 184 valence electrons. The van der Waals surface area contributed by atoms with Gasteiger partial charge in [-0.05, 0) is 65.9 Å². The molecule has 5 nitrogen and oxygen atoms in total.